The maximum atomic E-state index is 11.7. The molecule has 1 aromatic rings. The van der Waals surface area contributed by atoms with Crippen LogP contribution in [0.2, 0.25) is 0 Å². The summed E-state index contributed by atoms with van der Waals surface area (Å²) in [6.45, 7) is 9.46. The lowest BCUT2D eigenvalue weighted by molar-refractivity contribution is -0.130. The number of hydrogen-bond donors (Lipinski definition) is 1. The van der Waals surface area contributed by atoms with E-state index in [1.165, 1.54) is 15.3 Å². The molecule has 0 aromatic carbocycles. The van der Waals surface area contributed by atoms with Gasteiger partial charge in [0.1, 0.15) is 0 Å². The van der Waals surface area contributed by atoms with Crippen LogP contribution >= 0.6 is 11.3 Å². The van der Waals surface area contributed by atoms with E-state index in [0.29, 0.717) is 6.54 Å². The van der Waals surface area contributed by atoms with E-state index in [9.17, 15) is 4.79 Å². The van der Waals surface area contributed by atoms with Crippen molar-refractivity contribution in [3.8, 4) is 0 Å². The molecular formula is C13H22N2OS. The molecule has 96 valence electrons. The molecule has 1 N–H and O–H groups in total. The van der Waals surface area contributed by atoms with Gasteiger partial charge in [0, 0.05) is 29.4 Å². The Balaban J connectivity index is 2.35. The second-order valence-corrected chi connectivity index (χ2v) is 5.99. The minimum Gasteiger partial charge on any atom is -0.342 e. The van der Waals surface area contributed by atoms with Crippen molar-refractivity contribution >= 4 is 17.2 Å². The summed E-state index contributed by atoms with van der Waals surface area (Å²) in [6, 6.07) is 2.44. The number of aryl methyl sites for hydroxylation is 2. The predicted octanol–water partition coefficient (Wildman–Crippen LogP) is 2.32. The number of nitrogens with zero attached hydrogens (tertiary/aromatic N) is 1. The highest BCUT2D eigenvalue weighted by Gasteiger charge is 2.11. The molecule has 3 nitrogen and oxygen atoms in total. The van der Waals surface area contributed by atoms with Crippen LogP contribution in [0.5, 0.6) is 0 Å². The van der Waals surface area contributed by atoms with Crippen molar-refractivity contribution < 1.29 is 4.79 Å². The number of amides is 1. The molecule has 0 saturated heterocycles. The van der Waals surface area contributed by atoms with Gasteiger partial charge in [0.25, 0.3) is 0 Å². The molecular weight excluding hydrogens is 232 g/mol. The molecule has 1 heterocycles. The Morgan fingerprint density at radius 3 is 2.59 bits per heavy atom. The number of carbonyl (C=O) groups excluding carboxylic acids is 1. The fourth-order valence-electron chi connectivity index (χ4n) is 1.44. The lowest BCUT2D eigenvalue weighted by atomic mass is 10.3. The number of thiophene rings is 1. The van der Waals surface area contributed by atoms with E-state index in [1.807, 2.05) is 20.9 Å². The molecule has 1 aromatic heterocycles. The van der Waals surface area contributed by atoms with E-state index >= 15 is 0 Å². The SMILES string of the molecule is Cc1cc(CNCC(=O)N(C)C(C)C)sc1C. The Morgan fingerprint density at radius 1 is 1.47 bits per heavy atom. The summed E-state index contributed by atoms with van der Waals surface area (Å²) >= 11 is 1.79. The minimum absolute atomic E-state index is 0.144. The van der Waals surface area contributed by atoms with Gasteiger partial charge in [-0.05, 0) is 39.3 Å². The molecule has 0 radical (unpaired) electrons. The van der Waals surface area contributed by atoms with Crippen LogP contribution in [0.3, 0.4) is 0 Å². The lowest BCUT2D eigenvalue weighted by Gasteiger charge is -2.21. The molecule has 0 unspecified atom stereocenters. The van der Waals surface area contributed by atoms with Gasteiger partial charge in [-0.3, -0.25) is 4.79 Å². The van der Waals surface area contributed by atoms with Gasteiger partial charge >= 0.3 is 0 Å². The Kier molecular flexibility index (Phi) is 5.15. The zero-order valence-corrected chi connectivity index (χ0v) is 12.1. The first-order valence-electron chi connectivity index (χ1n) is 5.94. The molecule has 0 aliphatic rings. The number of hydrogen-bond acceptors (Lipinski definition) is 3. The smallest absolute Gasteiger partial charge is 0.236 e. The van der Waals surface area contributed by atoms with Gasteiger partial charge < -0.3 is 10.2 Å². The minimum atomic E-state index is 0.144. The van der Waals surface area contributed by atoms with Crippen molar-refractivity contribution in [1.82, 2.24) is 10.2 Å². The average Bonchev–Trinajstić information content (AvgIpc) is 2.57. The first kappa shape index (κ1) is 14.2. The zero-order valence-electron chi connectivity index (χ0n) is 11.3. The molecule has 0 aliphatic heterocycles. The summed E-state index contributed by atoms with van der Waals surface area (Å²) in [5.41, 5.74) is 1.33. The van der Waals surface area contributed by atoms with Gasteiger partial charge in [0.2, 0.25) is 5.91 Å². The zero-order chi connectivity index (χ0) is 13.0. The van der Waals surface area contributed by atoms with Crippen molar-refractivity contribution in [2.24, 2.45) is 0 Å². The summed E-state index contributed by atoms with van der Waals surface area (Å²) in [5.74, 6) is 0.144. The number of carbonyl (C=O) groups is 1. The van der Waals surface area contributed by atoms with Gasteiger partial charge in [-0.2, -0.15) is 0 Å². The third-order valence-electron chi connectivity index (χ3n) is 2.96. The molecule has 1 rings (SSSR count). The number of likely N-dealkylation sites (N-methyl/N-ethyl adjacent to an activating group) is 1. The highest BCUT2D eigenvalue weighted by molar-refractivity contribution is 7.12. The Bertz CT molecular complexity index is 365. The largest absolute Gasteiger partial charge is 0.342 e. The monoisotopic (exact) mass is 254 g/mol. The second-order valence-electron chi connectivity index (χ2n) is 4.65. The van der Waals surface area contributed by atoms with Gasteiger partial charge in [0.15, 0.2) is 0 Å². The molecule has 4 heteroatoms. The molecule has 1 amide bonds. The van der Waals surface area contributed by atoms with Crippen molar-refractivity contribution in [3.63, 3.8) is 0 Å². The third kappa shape index (κ3) is 4.13. The summed E-state index contributed by atoms with van der Waals surface area (Å²) in [7, 11) is 1.84. The van der Waals surface area contributed by atoms with Crippen LogP contribution in [0.25, 0.3) is 0 Å². The number of nitrogens with one attached hydrogen (secondary N) is 1. The third-order valence-corrected chi connectivity index (χ3v) is 4.11. The fraction of sp³-hybridized carbons (Fsp3) is 0.615. The molecule has 0 bridgehead atoms. The summed E-state index contributed by atoms with van der Waals surface area (Å²) < 4.78 is 0. The van der Waals surface area contributed by atoms with Gasteiger partial charge in [0.05, 0.1) is 6.54 Å². The van der Waals surface area contributed by atoms with Gasteiger partial charge in [-0.1, -0.05) is 0 Å². The molecule has 0 spiro atoms. The summed E-state index contributed by atoms with van der Waals surface area (Å²) in [4.78, 5) is 16.1. The lowest BCUT2D eigenvalue weighted by Crippen LogP contribution is -2.39. The number of rotatable bonds is 5. The summed E-state index contributed by atoms with van der Waals surface area (Å²) in [5, 5.41) is 3.20. The van der Waals surface area contributed by atoms with Gasteiger partial charge in [-0.25, -0.2) is 0 Å². The standard InChI is InChI=1S/C13H22N2OS/c1-9(2)15(5)13(16)8-14-7-12-6-10(3)11(4)17-12/h6,9,14H,7-8H2,1-5H3. The molecule has 17 heavy (non-hydrogen) atoms. The van der Waals surface area contributed by atoms with Crippen LogP contribution in [0.4, 0.5) is 0 Å². The van der Waals surface area contributed by atoms with Gasteiger partial charge in [-0.15, -0.1) is 11.3 Å². The van der Waals surface area contributed by atoms with Crippen molar-refractivity contribution in [2.75, 3.05) is 13.6 Å². The molecule has 0 aliphatic carbocycles. The van der Waals surface area contributed by atoms with E-state index in [0.717, 1.165) is 6.54 Å². The van der Waals surface area contributed by atoms with Crippen molar-refractivity contribution in [3.05, 3.63) is 21.4 Å². The highest BCUT2D eigenvalue weighted by atomic mass is 32.1. The van der Waals surface area contributed by atoms with E-state index in [-0.39, 0.29) is 11.9 Å². The van der Waals surface area contributed by atoms with E-state index in [1.54, 1.807) is 16.2 Å². The molecule has 0 saturated carbocycles. The van der Waals surface area contributed by atoms with Crippen LogP contribution in [-0.4, -0.2) is 30.4 Å². The van der Waals surface area contributed by atoms with Crippen molar-refractivity contribution in [2.45, 2.75) is 40.3 Å². The second kappa shape index (κ2) is 6.17. The van der Waals surface area contributed by atoms with Crippen LogP contribution in [0.1, 0.15) is 29.2 Å². The van der Waals surface area contributed by atoms with Crippen molar-refractivity contribution in [1.29, 1.82) is 0 Å². The quantitative estimate of drug-likeness (QED) is 0.874. The maximum Gasteiger partial charge on any atom is 0.236 e. The normalized spacial score (nSPS) is 10.9. The van der Waals surface area contributed by atoms with Crippen LogP contribution in [0, 0.1) is 13.8 Å². The Hall–Kier alpha value is -0.870. The predicted molar refractivity (Wildman–Crippen MR) is 73.4 cm³/mol. The molecule has 0 fully saturated rings. The van der Waals surface area contributed by atoms with Crippen LogP contribution in [-0.2, 0) is 11.3 Å². The Morgan fingerprint density at radius 2 is 2.12 bits per heavy atom. The average molecular weight is 254 g/mol. The van der Waals surface area contributed by atoms with E-state index < -0.39 is 0 Å². The van der Waals surface area contributed by atoms with E-state index in [2.05, 4.69) is 25.2 Å². The molecule has 0 atom stereocenters. The Labute approximate surface area is 108 Å². The highest BCUT2D eigenvalue weighted by Crippen LogP contribution is 2.20. The van der Waals surface area contributed by atoms with Crippen LogP contribution in [0.15, 0.2) is 6.07 Å². The maximum absolute atomic E-state index is 11.7. The van der Waals surface area contributed by atoms with E-state index in [4.69, 9.17) is 0 Å². The topological polar surface area (TPSA) is 32.3 Å². The first-order chi connectivity index (χ1) is 7.91. The van der Waals surface area contributed by atoms with Crippen LogP contribution < -0.4 is 5.32 Å². The summed E-state index contributed by atoms with van der Waals surface area (Å²) in [6.07, 6.45) is 0. The fourth-order valence-corrected chi connectivity index (χ4v) is 2.47. The first-order valence-corrected chi connectivity index (χ1v) is 6.75.